The Morgan fingerprint density at radius 1 is 1.18 bits per heavy atom. The van der Waals surface area contributed by atoms with Gasteiger partial charge in [0.2, 0.25) is 0 Å². The molecule has 34 heavy (non-hydrogen) atoms. The smallest absolute Gasteiger partial charge is 0.343 e. The molecule has 2 N–H and O–H groups in total. The van der Waals surface area contributed by atoms with Gasteiger partial charge in [0.1, 0.15) is 11.2 Å². The fourth-order valence-corrected chi connectivity index (χ4v) is 5.74. The lowest BCUT2D eigenvalue weighted by Crippen LogP contribution is -2.38. The molecule has 0 bridgehead atoms. The molecular weight excluding hydrogens is 474 g/mol. The number of likely N-dealkylation sites (N-methyl/N-ethyl adjacent to an activating group) is 1. The van der Waals surface area contributed by atoms with E-state index in [1.807, 2.05) is 6.07 Å². The number of hydrogen-bond donors (Lipinski definition) is 2. The van der Waals surface area contributed by atoms with Crippen molar-refractivity contribution in [1.29, 1.82) is 0 Å². The summed E-state index contributed by atoms with van der Waals surface area (Å²) >= 11 is 7.55. The molecule has 3 aromatic rings. The molecule has 0 spiro atoms. The highest BCUT2D eigenvalue weighted by Gasteiger charge is 2.33. The van der Waals surface area contributed by atoms with Crippen LogP contribution < -0.4 is 20.1 Å². The third-order valence-corrected chi connectivity index (χ3v) is 7.56. The average Bonchev–Trinajstić information content (AvgIpc) is 3.22. The van der Waals surface area contributed by atoms with Gasteiger partial charge in [-0.25, -0.2) is 4.79 Å². The Morgan fingerprint density at radius 2 is 1.97 bits per heavy atom. The molecule has 0 fully saturated rings. The Balaban J connectivity index is 1.37. The third-order valence-electron chi connectivity index (χ3n) is 6.16. The van der Waals surface area contributed by atoms with Crippen molar-refractivity contribution in [3.63, 3.8) is 0 Å². The minimum Gasteiger partial charge on any atom is -0.493 e. The van der Waals surface area contributed by atoms with Crippen molar-refractivity contribution in [2.75, 3.05) is 25.5 Å². The largest absolute Gasteiger partial charge is 0.493 e. The molecule has 1 amide bonds. The number of carbonyl (C=O) groups is 2. The van der Waals surface area contributed by atoms with Gasteiger partial charge in [0, 0.05) is 23.0 Å². The first-order valence-electron chi connectivity index (χ1n) is 11.1. The van der Waals surface area contributed by atoms with Crippen LogP contribution in [0.4, 0.5) is 5.00 Å². The van der Waals surface area contributed by atoms with Crippen molar-refractivity contribution in [2.45, 2.75) is 26.1 Å². The van der Waals surface area contributed by atoms with E-state index in [2.05, 4.69) is 22.5 Å². The molecule has 0 saturated carbocycles. The Hall–Kier alpha value is -3.07. The van der Waals surface area contributed by atoms with Crippen LogP contribution in [-0.2, 0) is 13.0 Å². The van der Waals surface area contributed by atoms with Crippen LogP contribution in [0.15, 0.2) is 42.5 Å². The molecule has 2 aromatic carbocycles. The summed E-state index contributed by atoms with van der Waals surface area (Å²) in [6.07, 6.45) is 0.466. The SMILES string of the molecule is CCN1CCc2c(sc3c2C(=O)N[C@@H](c2ccc(OC(=O)c4ccc(Cl)cc4)c(OC)c2)N3)C1. The van der Waals surface area contributed by atoms with Crippen molar-refractivity contribution in [3.8, 4) is 11.5 Å². The van der Waals surface area contributed by atoms with Gasteiger partial charge in [-0.1, -0.05) is 24.6 Å². The summed E-state index contributed by atoms with van der Waals surface area (Å²) in [6, 6.07) is 11.7. The number of ether oxygens (including phenoxy) is 2. The number of nitrogens with one attached hydrogen (secondary N) is 2. The Morgan fingerprint density at radius 3 is 2.71 bits per heavy atom. The number of halogens is 1. The number of rotatable bonds is 5. The first-order chi connectivity index (χ1) is 16.5. The maximum Gasteiger partial charge on any atom is 0.343 e. The lowest BCUT2D eigenvalue weighted by Gasteiger charge is -2.28. The van der Waals surface area contributed by atoms with Crippen molar-refractivity contribution < 1.29 is 19.1 Å². The molecule has 2 aliphatic rings. The topological polar surface area (TPSA) is 79.9 Å². The fraction of sp³-hybridized carbons (Fsp3) is 0.280. The number of anilines is 1. The van der Waals surface area contributed by atoms with Gasteiger partial charge in [-0.2, -0.15) is 0 Å². The van der Waals surface area contributed by atoms with Crippen LogP contribution in [0, 0.1) is 0 Å². The molecule has 7 nitrogen and oxygen atoms in total. The molecule has 2 aliphatic heterocycles. The fourth-order valence-electron chi connectivity index (χ4n) is 4.30. The van der Waals surface area contributed by atoms with Crippen molar-refractivity contribution >= 4 is 39.8 Å². The molecular formula is C25H24ClN3O4S. The first-order valence-corrected chi connectivity index (χ1v) is 12.3. The summed E-state index contributed by atoms with van der Waals surface area (Å²) < 4.78 is 11.0. The van der Waals surface area contributed by atoms with Crippen LogP contribution in [0.25, 0.3) is 0 Å². The van der Waals surface area contributed by atoms with E-state index < -0.39 is 12.1 Å². The number of esters is 1. The maximum absolute atomic E-state index is 13.0. The average molecular weight is 498 g/mol. The van der Waals surface area contributed by atoms with Gasteiger partial charge in [-0.3, -0.25) is 9.69 Å². The maximum atomic E-state index is 13.0. The summed E-state index contributed by atoms with van der Waals surface area (Å²) in [7, 11) is 1.51. The van der Waals surface area contributed by atoms with Crippen molar-refractivity contribution in [3.05, 3.63) is 74.6 Å². The Bertz CT molecular complexity index is 1260. The summed E-state index contributed by atoms with van der Waals surface area (Å²) in [5.41, 5.74) is 3.11. The van der Waals surface area contributed by atoms with Crippen LogP contribution >= 0.6 is 22.9 Å². The van der Waals surface area contributed by atoms with Gasteiger partial charge in [0.25, 0.3) is 5.91 Å². The summed E-state index contributed by atoms with van der Waals surface area (Å²) in [4.78, 5) is 29.2. The number of fused-ring (bicyclic) bond motifs is 3. The zero-order valence-electron chi connectivity index (χ0n) is 18.8. The van der Waals surface area contributed by atoms with Gasteiger partial charge < -0.3 is 20.1 Å². The predicted octanol–water partition coefficient (Wildman–Crippen LogP) is 4.86. The van der Waals surface area contributed by atoms with Crippen LogP contribution in [0.3, 0.4) is 0 Å². The normalized spacial score (nSPS) is 17.3. The zero-order chi connectivity index (χ0) is 23.8. The van der Waals surface area contributed by atoms with Crippen LogP contribution in [0.1, 0.15) is 49.8 Å². The zero-order valence-corrected chi connectivity index (χ0v) is 20.4. The molecule has 5 rings (SSSR count). The standard InChI is InChI=1S/C25H24ClN3O4S/c1-3-29-11-10-17-20(13-29)34-24-21(17)23(30)27-22(28-24)15-6-9-18(19(12-15)32-2)33-25(31)14-4-7-16(26)8-5-14/h4-9,12,22,28H,3,10-11,13H2,1-2H3,(H,27,30)/t22-/m1/s1. The van der Waals surface area contributed by atoms with E-state index >= 15 is 0 Å². The van der Waals surface area contributed by atoms with E-state index in [0.29, 0.717) is 22.1 Å². The second kappa shape index (κ2) is 9.29. The molecule has 0 unspecified atom stereocenters. The molecule has 1 aromatic heterocycles. The monoisotopic (exact) mass is 497 g/mol. The highest BCUT2D eigenvalue weighted by atomic mass is 35.5. The Labute approximate surface area is 206 Å². The molecule has 0 aliphatic carbocycles. The number of nitrogens with zero attached hydrogens (tertiary/aromatic N) is 1. The second-order valence-electron chi connectivity index (χ2n) is 8.18. The van der Waals surface area contributed by atoms with Gasteiger partial charge in [0.15, 0.2) is 11.5 Å². The minimum atomic E-state index is -0.512. The van der Waals surface area contributed by atoms with E-state index in [0.717, 1.165) is 47.7 Å². The number of carbonyl (C=O) groups excluding carboxylic acids is 2. The van der Waals surface area contributed by atoms with E-state index in [-0.39, 0.29) is 5.91 Å². The number of methoxy groups -OCH3 is 1. The number of benzene rings is 2. The predicted molar refractivity (Wildman–Crippen MR) is 132 cm³/mol. The van der Waals surface area contributed by atoms with Crippen LogP contribution in [-0.4, -0.2) is 37.0 Å². The van der Waals surface area contributed by atoms with Crippen LogP contribution in [0.2, 0.25) is 5.02 Å². The highest BCUT2D eigenvalue weighted by molar-refractivity contribution is 7.16. The van der Waals surface area contributed by atoms with E-state index in [1.54, 1.807) is 47.7 Å². The Kier molecular flexibility index (Phi) is 6.20. The van der Waals surface area contributed by atoms with Gasteiger partial charge in [0.05, 0.1) is 18.2 Å². The molecule has 1 atom stereocenters. The molecule has 9 heteroatoms. The highest BCUT2D eigenvalue weighted by Crippen LogP contribution is 2.41. The number of thiophene rings is 1. The third kappa shape index (κ3) is 4.24. The van der Waals surface area contributed by atoms with E-state index in [4.69, 9.17) is 21.1 Å². The van der Waals surface area contributed by atoms with E-state index in [1.165, 1.54) is 12.0 Å². The number of hydrogen-bond acceptors (Lipinski definition) is 7. The van der Waals surface area contributed by atoms with E-state index in [9.17, 15) is 9.59 Å². The molecule has 3 heterocycles. The van der Waals surface area contributed by atoms with Crippen molar-refractivity contribution in [1.82, 2.24) is 10.2 Å². The summed E-state index contributed by atoms with van der Waals surface area (Å²) in [5, 5.41) is 7.97. The van der Waals surface area contributed by atoms with Gasteiger partial charge in [-0.05, 0) is 60.5 Å². The summed E-state index contributed by atoms with van der Waals surface area (Å²) in [5.74, 6) is 0.103. The van der Waals surface area contributed by atoms with Gasteiger partial charge >= 0.3 is 5.97 Å². The van der Waals surface area contributed by atoms with Gasteiger partial charge in [-0.15, -0.1) is 11.3 Å². The first kappa shape index (κ1) is 22.7. The quantitative estimate of drug-likeness (QED) is 0.387. The lowest BCUT2D eigenvalue weighted by atomic mass is 10.0. The lowest BCUT2D eigenvalue weighted by molar-refractivity contribution is 0.0729. The molecule has 176 valence electrons. The van der Waals surface area contributed by atoms with Crippen molar-refractivity contribution in [2.24, 2.45) is 0 Å². The minimum absolute atomic E-state index is 0.0709. The van der Waals surface area contributed by atoms with Crippen LogP contribution in [0.5, 0.6) is 11.5 Å². The molecule has 0 saturated heterocycles. The second-order valence-corrected chi connectivity index (χ2v) is 9.73. The summed E-state index contributed by atoms with van der Waals surface area (Å²) in [6.45, 7) is 5.00. The molecule has 0 radical (unpaired) electrons. The number of amides is 1.